The van der Waals surface area contributed by atoms with E-state index in [1.807, 2.05) is 0 Å². The first kappa shape index (κ1) is 11.8. The van der Waals surface area contributed by atoms with E-state index in [0.717, 1.165) is 12.1 Å². The van der Waals surface area contributed by atoms with Gasteiger partial charge in [0.05, 0.1) is 20.3 Å². The minimum atomic E-state index is -1.27. The Bertz CT molecular complexity index is 472. The number of ether oxygens (including phenoxy) is 2. The molecule has 6 heteroatoms. The van der Waals surface area contributed by atoms with Crippen molar-refractivity contribution < 1.29 is 23.0 Å². The summed E-state index contributed by atoms with van der Waals surface area (Å²) in [6.45, 7) is -0.0734. The smallest absolute Gasteiger partial charge is 0.232 e. The van der Waals surface area contributed by atoms with Crippen molar-refractivity contribution >= 4 is 5.91 Å². The SMILES string of the molecule is COc1cc(F)c(C2(C(N)=O)COC2)cc1F. The molecule has 1 saturated heterocycles. The first-order valence-electron chi connectivity index (χ1n) is 4.92. The molecule has 1 aromatic carbocycles. The Labute approximate surface area is 96.3 Å². The molecule has 0 saturated carbocycles. The summed E-state index contributed by atoms with van der Waals surface area (Å²) in [7, 11) is 1.23. The fraction of sp³-hybridized carbons (Fsp3) is 0.364. The standard InChI is InChI=1S/C11H11F2NO3/c1-16-9-3-7(12)6(2-8(9)13)11(10(14)15)4-17-5-11/h2-3H,4-5H2,1H3,(H2,14,15). The number of benzene rings is 1. The summed E-state index contributed by atoms with van der Waals surface area (Å²) in [5.74, 6) is -2.42. The Morgan fingerprint density at radius 3 is 2.47 bits per heavy atom. The van der Waals surface area contributed by atoms with E-state index >= 15 is 0 Å². The third-order valence-corrected chi connectivity index (χ3v) is 2.93. The summed E-state index contributed by atoms with van der Waals surface area (Å²) in [5, 5.41) is 0. The van der Waals surface area contributed by atoms with Crippen LogP contribution < -0.4 is 10.5 Å². The number of methoxy groups -OCH3 is 1. The number of rotatable bonds is 3. The Kier molecular flexibility index (Phi) is 2.74. The predicted molar refractivity (Wildman–Crippen MR) is 54.6 cm³/mol. The number of halogens is 2. The lowest BCUT2D eigenvalue weighted by molar-refractivity contribution is -0.142. The first-order valence-corrected chi connectivity index (χ1v) is 4.92. The molecule has 1 amide bonds. The minimum Gasteiger partial charge on any atom is -0.494 e. The van der Waals surface area contributed by atoms with Crippen molar-refractivity contribution in [2.24, 2.45) is 5.73 Å². The van der Waals surface area contributed by atoms with Crippen molar-refractivity contribution in [2.45, 2.75) is 5.41 Å². The zero-order valence-electron chi connectivity index (χ0n) is 9.13. The quantitative estimate of drug-likeness (QED) is 0.851. The minimum absolute atomic E-state index is 0.0367. The fourth-order valence-corrected chi connectivity index (χ4v) is 1.79. The summed E-state index contributed by atoms with van der Waals surface area (Å²) in [4.78, 5) is 11.3. The van der Waals surface area contributed by atoms with Crippen LogP contribution in [0.3, 0.4) is 0 Å². The number of hydrogen-bond acceptors (Lipinski definition) is 3. The maximum Gasteiger partial charge on any atom is 0.232 e. The lowest BCUT2D eigenvalue weighted by Crippen LogP contribution is -2.56. The van der Waals surface area contributed by atoms with Crippen molar-refractivity contribution in [1.29, 1.82) is 0 Å². The van der Waals surface area contributed by atoms with E-state index in [4.69, 9.17) is 10.5 Å². The molecule has 0 spiro atoms. The van der Waals surface area contributed by atoms with Crippen molar-refractivity contribution in [2.75, 3.05) is 20.3 Å². The van der Waals surface area contributed by atoms with Gasteiger partial charge < -0.3 is 15.2 Å². The topological polar surface area (TPSA) is 61.5 Å². The molecule has 2 N–H and O–H groups in total. The molecule has 0 unspecified atom stereocenters. The van der Waals surface area contributed by atoms with Crippen LogP contribution in [0.15, 0.2) is 12.1 Å². The Morgan fingerprint density at radius 1 is 1.41 bits per heavy atom. The van der Waals surface area contributed by atoms with Gasteiger partial charge >= 0.3 is 0 Å². The van der Waals surface area contributed by atoms with E-state index < -0.39 is 23.0 Å². The highest BCUT2D eigenvalue weighted by molar-refractivity contribution is 5.88. The number of carbonyl (C=O) groups is 1. The summed E-state index contributed by atoms with van der Waals surface area (Å²) in [6.07, 6.45) is 0. The van der Waals surface area contributed by atoms with Gasteiger partial charge in [0.15, 0.2) is 11.6 Å². The zero-order chi connectivity index (χ0) is 12.6. The van der Waals surface area contributed by atoms with Crippen molar-refractivity contribution in [3.63, 3.8) is 0 Å². The van der Waals surface area contributed by atoms with E-state index in [-0.39, 0.29) is 24.5 Å². The normalized spacial score (nSPS) is 17.4. The molecule has 1 aliphatic heterocycles. The summed E-state index contributed by atoms with van der Waals surface area (Å²) < 4.78 is 36.8. The molecule has 0 bridgehead atoms. The molecular weight excluding hydrogens is 232 g/mol. The van der Waals surface area contributed by atoms with Crippen molar-refractivity contribution in [1.82, 2.24) is 0 Å². The van der Waals surface area contributed by atoms with Crippen LogP contribution in [0, 0.1) is 11.6 Å². The summed E-state index contributed by atoms with van der Waals surface area (Å²) >= 11 is 0. The molecule has 1 aliphatic rings. The van der Waals surface area contributed by atoms with Gasteiger partial charge in [-0.3, -0.25) is 4.79 Å². The van der Waals surface area contributed by atoms with Crippen LogP contribution in [0.4, 0.5) is 8.78 Å². The van der Waals surface area contributed by atoms with Crippen LogP contribution in [0.5, 0.6) is 5.75 Å². The molecule has 0 aliphatic carbocycles. The lowest BCUT2D eigenvalue weighted by atomic mass is 9.77. The second-order valence-corrected chi connectivity index (χ2v) is 3.91. The van der Waals surface area contributed by atoms with Crippen LogP contribution in [0.25, 0.3) is 0 Å². The van der Waals surface area contributed by atoms with E-state index in [2.05, 4.69) is 4.74 Å². The molecule has 0 atom stereocenters. The predicted octanol–water partition coefficient (Wildman–Crippen LogP) is 0.727. The number of nitrogens with two attached hydrogens (primary N) is 1. The number of primary amides is 1. The molecule has 17 heavy (non-hydrogen) atoms. The maximum absolute atomic E-state index is 13.8. The van der Waals surface area contributed by atoms with Crippen LogP contribution in [0.2, 0.25) is 0 Å². The molecule has 0 aromatic heterocycles. The zero-order valence-corrected chi connectivity index (χ0v) is 9.13. The van der Waals surface area contributed by atoms with E-state index in [1.165, 1.54) is 7.11 Å². The highest BCUT2D eigenvalue weighted by atomic mass is 19.1. The van der Waals surface area contributed by atoms with E-state index in [0.29, 0.717) is 0 Å². The molecule has 2 rings (SSSR count). The van der Waals surface area contributed by atoms with Crippen molar-refractivity contribution in [3.8, 4) is 5.75 Å². The number of carbonyl (C=O) groups excluding carboxylic acids is 1. The van der Waals surface area contributed by atoms with Gasteiger partial charge in [-0.05, 0) is 6.07 Å². The Hall–Kier alpha value is -1.69. The summed E-state index contributed by atoms with van der Waals surface area (Å²) in [5.41, 5.74) is 3.86. The van der Waals surface area contributed by atoms with Crippen LogP contribution >= 0.6 is 0 Å². The number of amides is 1. The average molecular weight is 243 g/mol. The second kappa shape index (κ2) is 3.96. The average Bonchev–Trinajstić information content (AvgIpc) is 2.20. The van der Waals surface area contributed by atoms with Crippen LogP contribution in [0.1, 0.15) is 5.56 Å². The van der Waals surface area contributed by atoms with Gasteiger partial charge in [-0.25, -0.2) is 8.78 Å². The maximum atomic E-state index is 13.8. The van der Waals surface area contributed by atoms with Crippen LogP contribution in [-0.2, 0) is 14.9 Å². The molecule has 0 radical (unpaired) electrons. The lowest BCUT2D eigenvalue weighted by Gasteiger charge is -2.39. The van der Waals surface area contributed by atoms with Gasteiger partial charge in [-0.2, -0.15) is 0 Å². The van der Waals surface area contributed by atoms with Gasteiger partial charge in [-0.15, -0.1) is 0 Å². The Morgan fingerprint density at radius 2 is 2.06 bits per heavy atom. The van der Waals surface area contributed by atoms with Gasteiger partial charge in [0, 0.05) is 11.6 Å². The van der Waals surface area contributed by atoms with Gasteiger partial charge in [-0.1, -0.05) is 0 Å². The first-order chi connectivity index (χ1) is 8.01. The molecular formula is C11H11F2NO3. The third-order valence-electron chi connectivity index (χ3n) is 2.93. The Balaban J connectivity index is 2.52. The van der Waals surface area contributed by atoms with Gasteiger partial charge in [0.2, 0.25) is 5.91 Å². The monoisotopic (exact) mass is 243 g/mol. The van der Waals surface area contributed by atoms with Gasteiger partial charge in [0.1, 0.15) is 11.2 Å². The van der Waals surface area contributed by atoms with E-state index in [9.17, 15) is 13.6 Å². The molecule has 1 fully saturated rings. The molecule has 92 valence electrons. The van der Waals surface area contributed by atoms with Crippen LogP contribution in [-0.4, -0.2) is 26.2 Å². The number of hydrogen-bond donors (Lipinski definition) is 1. The van der Waals surface area contributed by atoms with Gasteiger partial charge in [0.25, 0.3) is 0 Å². The largest absolute Gasteiger partial charge is 0.494 e. The fourth-order valence-electron chi connectivity index (χ4n) is 1.79. The highest BCUT2D eigenvalue weighted by Crippen LogP contribution is 2.36. The second-order valence-electron chi connectivity index (χ2n) is 3.91. The third kappa shape index (κ3) is 1.64. The molecule has 1 heterocycles. The van der Waals surface area contributed by atoms with Crippen molar-refractivity contribution in [3.05, 3.63) is 29.3 Å². The molecule has 1 aromatic rings. The van der Waals surface area contributed by atoms with E-state index in [1.54, 1.807) is 0 Å². The summed E-state index contributed by atoms with van der Waals surface area (Å²) in [6, 6.07) is 1.83. The highest BCUT2D eigenvalue weighted by Gasteiger charge is 2.48. The molecule has 4 nitrogen and oxygen atoms in total.